The van der Waals surface area contributed by atoms with Crippen molar-refractivity contribution in [2.75, 3.05) is 11.9 Å². The van der Waals surface area contributed by atoms with E-state index in [9.17, 15) is 9.59 Å². The van der Waals surface area contributed by atoms with E-state index >= 15 is 0 Å². The maximum absolute atomic E-state index is 12.3. The van der Waals surface area contributed by atoms with Crippen molar-refractivity contribution in [1.29, 1.82) is 5.26 Å². The molecule has 1 aliphatic rings. The lowest BCUT2D eigenvalue weighted by atomic mass is 10.1. The topological polar surface area (TPSA) is 99.9 Å². The number of benzene rings is 2. The van der Waals surface area contributed by atoms with Gasteiger partial charge in [-0.3, -0.25) is 4.79 Å². The Hall–Kier alpha value is -3.37. The van der Waals surface area contributed by atoms with Crippen LogP contribution in [-0.2, 0) is 16.1 Å². The Morgan fingerprint density at radius 3 is 2.68 bits per heavy atom. The number of aromatic carboxylic acids is 1. The second-order valence-corrected chi connectivity index (χ2v) is 5.45. The van der Waals surface area contributed by atoms with E-state index in [1.54, 1.807) is 31.3 Å². The van der Waals surface area contributed by atoms with Gasteiger partial charge in [-0.2, -0.15) is 5.26 Å². The molecule has 0 aliphatic carbocycles. The van der Waals surface area contributed by atoms with Crippen molar-refractivity contribution in [2.45, 2.75) is 12.9 Å². The third-order valence-electron chi connectivity index (χ3n) is 3.82. The van der Waals surface area contributed by atoms with Gasteiger partial charge in [0.1, 0.15) is 5.75 Å². The van der Waals surface area contributed by atoms with Gasteiger partial charge in [-0.15, -0.1) is 0 Å². The maximum Gasteiger partial charge on any atom is 0.335 e. The Morgan fingerprint density at radius 2 is 2.04 bits per heavy atom. The van der Waals surface area contributed by atoms with Crippen molar-refractivity contribution >= 4 is 17.6 Å². The van der Waals surface area contributed by atoms with Crippen LogP contribution in [0.1, 0.15) is 21.5 Å². The SMILES string of the molecule is CN1C(=O)C(OCc2ccc(C#N)cc2)Oc2cc(C(=O)O)ccc21. The number of rotatable bonds is 4. The van der Waals surface area contributed by atoms with Crippen LogP contribution in [0.2, 0.25) is 0 Å². The first-order valence-electron chi connectivity index (χ1n) is 7.42. The second kappa shape index (κ2) is 6.63. The fraction of sp³-hybridized carbons (Fsp3) is 0.167. The van der Waals surface area contributed by atoms with Gasteiger partial charge in [0.15, 0.2) is 0 Å². The van der Waals surface area contributed by atoms with Crippen LogP contribution in [0, 0.1) is 11.3 Å². The van der Waals surface area contributed by atoms with Crippen LogP contribution in [-0.4, -0.2) is 30.3 Å². The molecule has 1 amide bonds. The number of amides is 1. The first-order chi connectivity index (χ1) is 12.0. The highest BCUT2D eigenvalue weighted by Gasteiger charge is 2.33. The van der Waals surface area contributed by atoms with E-state index in [2.05, 4.69) is 0 Å². The van der Waals surface area contributed by atoms with Gasteiger partial charge in [0.2, 0.25) is 0 Å². The van der Waals surface area contributed by atoms with E-state index in [0.717, 1.165) is 5.56 Å². The van der Waals surface area contributed by atoms with Gasteiger partial charge in [0, 0.05) is 7.05 Å². The third kappa shape index (κ3) is 3.29. The molecule has 0 aromatic heterocycles. The van der Waals surface area contributed by atoms with E-state index < -0.39 is 12.3 Å². The Labute approximate surface area is 143 Å². The van der Waals surface area contributed by atoms with Crippen molar-refractivity contribution in [3.63, 3.8) is 0 Å². The van der Waals surface area contributed by atoms with Gasteiger partial charge in [0.05, 0.1) is 29.5 Å². The average Bonchev–Trinajstić information content (AvgIpc) is 2.63. The predicted molar refractivity (Wildman–Crippen MR) is 87.2 cm³/mol. The molecule has 0 saturated heterocycles. The van der Waals surface area contributed by atoms with Crippen molar-refractivity contribution in [1.82, 2.24) is 0 Å². The molecule has 0 spiro atoms. The van der Waals surface area contributed by atoms with Gasteiger partial charge in [-0.25, -0.2) is 4.79 Å². The number of nitrogens with zero attached hydrogens (tertiary/aromatic N) is 2. The van der Waals surface area contributed by atoms with Crippen molar-refractivity contribution in [2.24, 2.45) is 0 Å². The second-order valence-electron chi connectivity index (χ2n) is 5.45. The molecule has 2 aromatic carbocycles. The predicted octanol–water partition coefficient (Wildman–Crippen LogP) is 2.15. The molecule has 0 fully saturated rings. The molecule has 1 N–H and O–H groups in total. The first kappa shape index (κ1) is 16.5. The quantitative estimate of drug-likeness (QED) is 0.917. The molecule has 1 unspecified atom stereocenters. The summed E-state index contributed by atoms with van der Waals surface area (Å²) >= 11 is 0. The fourth-order valence-corrected chi connectivity index (χ4v) is 2.41. The third-order valence-corrected chi connectivity index (χ3v) is 3.82. The van der Waals surface area contributed by atoms with Crippen LogP contribution in [0.4, 0.5) is 5.69 Å². The zero-order valence-corrected chi connectivity index (χ0v) is 13.3. The van der Waals surface area contributed by atoms with E-state index in [1.807, 2.05) is 6.07 Å². The zero-order chi connectivity index (χ0) is 18.0. The number of carbonyl (C=O) groups is 2. The minimum atomic E-state index is -1.17. The van der Waals surface area contributed by atoms with Crippen LogP contribution in [0.25, 0.3) is 0 Å². The van der Waals surface area contributed by atoms with E-state index in [4.69, 9.17) is 19.8 Å². The minimum absolute atomic E-state index is 0.0624. The summed E-state index contributed by atoms with van der Waals surface area (Å²) in [5.41, 5.74) is 1.85. The Morgan fingerprint density at radius 1 is 1.32 bits per heavy atom. The summed E-state index contributed by atoms with van der Waals surface area (Å²) in [6, 6.07) is 13.1. The summed E-state index contributed by atoms with van der Waals surface area (Å²) < 4.78 is 11.1. The van der Waals surface area contributed by atoms with Crippen molar-refractivity contribution < 1.29 is 24.2 Å². The molecule has 1 heterocycles. The standard InChI is InChI=1S/C18H14N2O5/c1-20-14-7-6-13(17(22)23)8-15(14)25-18(16(20)21)24-10-12-4-2-11(9-19)3-5-12/h2-8,18H,10H2,1H3,(H,22,23). The lowest BCUT2D eigenvalue weighted by molar-refractivity contribution is -0.153. The lowest BCUT2D eigenvalue weighted by Crippen LogP contribution is -2.45. The van der Waals surface area contributed by atoms with Gasteiger partial charge in [-0.1, -0.05) is 12.1 Å². The minimum Gasteiger partial charge on any atom is -0.478 e. The van der Waals surface area contributed by atoms with E-state index in [1.165, 1.54) is 23.1 Å². The summed E-state index contributed by atoms with van der Waals surface area (Å²) in [6.45, 7) is 0.115. The average molecular weight is 338 g/mol. The zero-order valence-electron chi connectivity index (χ0n) is 13.3. The number of carboxylic acids is 1. The molecule has 3 rings (SSSR count). The Balaban J connectivity index is 1.76. The van der Waals surface area contributed by atoms with Crippen LogP contribution < -0.4 is 9.64 Å². The lowest BCUT2D eigenvalue weighted by Gasteiger charge is -2.31. The number of fused-ring (bicyclic) bond motifs is 1. The van der Waals surface area contributed by atoms with E-state index in [0.29, 0.717) is 11.3 Å². The number of likely N-dealkylation sites (N-methyl/N-ethyl adjacent to an activating group) is 1. The summed E-state index contributed by atoms with van der Waals surface area (Å²) in [5.74, 6) is -1.20. The molecule has 7 nitrogen and oxygen atoms in total. The van der Waals surface area contributed by atoms with Crippen molar-refractivity contribution in [3.05, 3.63) is 59.2 Å². The Kier molecular flexibility index (Phi) is 4.37. The molecule has 126 valence electrons. The highest BCUT2D eigenvalue weighted by Crippen LogP contribution is 2.34. The monoisotopic (exact) mass is 338 g/mol. The molecule has 0 bridgehead atoms. The van der Waals surface area contributed by atoms with Gasteiger partial charge < -0.3 is 19.5 Å². The number of hydrogen-bond acceptors (Lipinski definition) is 5. The van der Waals surface area contributed by atoms with Crippen LogP contribution in [0.15, 0.2) is 42.5 Å². The van der Waals surface area contributed by atoms with Crippen LogP contribution in [0.3, 0.4) is 0 Å². The summed E-state index contributed by atoms with van der Waals surface area (Å²) in [5, 5.41) is 17.9. The number of carbonyl (C=O) groups excluding carboxylic acids is 1. The number of hydrogen-bond donors (Lipinski definition) is 1. The fourth-order valence-electron chi connectivity index (χ4n) is 2.41. The Bertz CT molecular complexity index is 870. The maximum atomic E-state index is 12.3. The smallest absolute Gasteiger partial charge is 0.335 e. The van der Waals surface area contributed by atoms with Gasteiger partial charge >= 0.3 is 5.97 Å². The van der Waals surface area contributed by atoms with Crippen molar-refractivity contribution in [3.8, 4) is 11.8 Å². The molecule has 1 atom stereocenters. The van der Waals surface area contributed by atoms with E-state index in [-0.39, 0.29) is 23.8 Å². The summed E-state index contributed by atoms with van der Waals surface area (Å²) in [7, 11) is 1.57. The molecule has 0 radical (unpaired) electrons. The van der Waals surface area contributed by atoms with Crippen LogP contribution in [0.5, 0.6) is 5.75 Å². The highest BCUT2D eigenvalue weighted by molar-refractivity contribution is 6.00. The van der Waals surface area contributed by atoms with Gasteiger partial charge in [0.25, 0.3) is 12.2 Å². The molecular formula is C18H14N2O5. The molecular weight excluding hydrogens is 324 g/mol. The van der Waals surface area contributed by atoms with Crippen LogP contribution >= 0.6 is 0 Å². The number of carboxylic acid groups (broad SMARTS) is 1. The molecule has 1 aliphatic heterocycles. The highest BCUT2D eigenvalue weighted by atomic mass is 16.7. The summed E-state index contributed by atoms with van der Waals surface area (Å²) in [6.07, 6.45) is -1.17. The first-order valence-corrected chi connectivity index (χ1v) is 7.42. The molecule has 0 saturated carbocycles. The largest absolute Gasteiger partial charge is 0.478 e. The number of ether oxygens (including phenoxy) is 2. The molecule has 2 aromatic rings. The summed E-state index contributed by atoms with van der Waals surface area (Å²) in [4.78, 5) is 24.8. The van der Waals surface area contributed by atoms with Gasteiger partial charge in [-0.05, 0) is 35.9 Å². The normalized spacial score (nSPS) is 15.9. The number of anilines is 1. The molecule has 7 heteroatoms. The number of nitriles is 1. The molecule has 25 heavy (non-hydrogen) atoms.